The van der Waals surface area contributed by atoms with Crippen LogP contribution in [0.3, 0.4) is 0 Å². The summed E-state index contributed by atoms with van der Waals surface area (Å²) in [6.45, 7) is 5.25. The number of aliphatic hydroxyl groups is 1. The Kier molecular flexibility index (Phi) is 5.06. The van der Waals surface area contributed by atoms with E-state index in [1.165, 1.54) is 0 Å². The number of para-hydroxylation sites is 1. The summed E-state index contributed by atoms with van der Waals surface area (Å²) >= 11 is 0. The Labute approximate surface area is 142 Å². The SMILES string of the molecule is CC[C@@H](CO)N1CCN(C(=O)Nc2cccc3ccn(C)c23)CC1. The van der Waals surface area contributed by atoms with Gasteiger partial charge in [0.15, 0.2) is 0 Å². The summed E-state index contributed by atoms with van der Waals surface area (Å²) in [5, 5.41) is 13.6. The number of hydrogen-bond donors (Lipinski definition) is 2. The Morgan fingerprint density at radius 2 is 2.00 bits per heavy atom. The topological polar surface area (TPSA) is 60.7 Å². The van der Waals surface area contributed by atoms with E-state index in [0.29, 0.717) is 13.1 Å². The third-order valence-corrected chi connectivity index (χ3v) is 4.94. The maximum absolute atomic E-state index is 12.6. The smallest absolute Gasteiger partial charge is 0.321 e. The van der Waals surface area contributed by atoms with Crippen molar-refractivity contribution >= 4 is 22.6 Å². The van der Waals surface area contributed by atoms with Crippen molar-refractivity contribution in [1.82, 2.24) is 14.4 Å². The van der Waals surface area contributed by atoms with Gasteiger partial charge in [0.05, 0.1) is 17.8 Å². The number of amides is 2. The minimum absolute atomic E-state index is 0.0552. The molecule has 1 atom stereocenters. The van der Waals surface area contributed by atoms with Crippen LogP contribution in [0.25, 0.3) is 10.9 Å². The zero-order valence-electron chi connectivity index (χ0n) is 14.4. The average Bonchev–Trinajstić information content (AvgIpc) is 2.99. The van der Waals surface area contributed by atoms with Gasteiger partial charge in [-0.15, -0.1) is 0 Å². The fourth-order valence-electron chi connectivity index (χ4n) is 3.44. The molecule has 0 radical (unpaired) electrons. The van der Waals surface area contributed by atoms with Crippen molar-refractivity contribution in [2.45, 2.75) is 19.4 Å². The van der Waals surface area contributed by atoms with Crippen LogP contribution < -0.4 is 5.32 Å². The van der Waals surface area contributed by atoms with Crippen molar-refractivity contribution in [3.05, 3.63) is 30.5 Å². The highest BCUT2D eigenvalue weighted by atomic mass is 16.3. The average molecular weight is 330 g/mol. The second kappa shape index (κ2) is 7.23. The maximum Gasteiger partial charge on any atom is 0.321 e. The number of carbonyl (C=O) groups is 1. The summed E-state index contributed by atoms with van der Waals surface area (Å²) in [6.07, 6.45) is 2.93. The quantitative estimate of drug-likeness (QED) is 0.902. The van der Waals surface area contributed by atoms with Gasteiger partial charge in [-0.3, -0.25) is 4.90 Å². The van der Waals surface area contributed by atoms with Crippen LogP contribution in [0.4, 0.5) is 10.5 Å². The van der Waals surface area contributed by atoms with Gasteiger partial charge in [-0.1, -0.05) is 19.1 Å². The van der Waals surface area contributed by atoms with Crippen molar-refractivity contribution in [2.75, 3.05) is 38.1 Å². The monoisotopic (exact) mass is 330 g/mol. The summed E-state index contributed by atoms with van der Waals surface area (Å²) in [6, 6.07) is 8.14. The van der Waals surface area contributed by atoms with Crippen LogP contribution in [0, 0.1) is 0 Å². The molecule has 0 spiro atoms. The van der Waals surface area contributed by atoms with Crippen molar-refractivity contribution in [3.8, 4) is 0 Å². The number of fused-ring (bicyclic) bond motifs is 1. The number of aliphatic hydroxyl groups excluding tert-OH is 1. The van der Waals surface area contributed by atoms with Gasteiger partial charge in [-0.05, 0) is 18.6 Å². The molecule has 1 aliphatic heterocycles. The molecule has 2 amide bonds. The summed E-state index contributed by atoms with van der Waals surface area (Å²) in [7, 11) is 1.98. The molecule has 6 heteroatoms. The molecule has 6 nitrogen and oxygen atoms in total. The number of benzene rings is 1. The third kappa shape index (κ3) is 3.25. The standard InChI is InChI=1S/C18H26N4O2/c1-3-15(13-23)21-9-11-22(12-10-21)18(24)19-16-6-4-5-14-7-8-20(2)17(14)16/h4-8,15,23H,3,9-13H2,1-2H3,(H,19,24)/t15-/m0/s1. The van der Waals surface area contributed by atoms with Gasteiger partial charge in [0, 0.05) is 50.9 Å². The first kappa shape index (κ1) is 16.8. The second-order valence-electron chi connectivity index (χ2n) is 6.37. The molecule has 24 heavy (non-hydrogen) atoms. The van der Waals surface area contributed by atoms with E-state index < -0.39 is 0 Å². The summed E-state index contributed by atoms with van der Waals surface area (Å²) in [5.41, 5.74) is 1.88. The molecule has 1 fully saturated rings. The van der Waals surface area contributed by atoms with Crippen LogP contribution in [0.2, 0.25) is 0 Å². The maximum atomic E-state index is 12.6. The second-order valence-corrected chi connectivity index (χ2v) is 6.37. The highest BCUT2D eigenvalue weighted by Crippen LogP contribution is 2.24. The number of nitrogens with one attached hydrogen (secondary N) is 1. The molecule has 2 N–H and O–H groups in total. The van der Waals surface area contributed by atoms with E-state index in [1.54, 1.807) is 0 Å². The number of aryl methyl sites for hydroxylation is 1. The third-order valence-electron chi connectivity index (χ3n) is 4.94. The molecule has 1 aliphatic rings. The highest BCUT2D eigenvalue weighted by molar-refractivity contribution is 6.00. The molecule has 2 heterocycles. The Balaban J connectivity index is 1.65. The first-order valence-electron chi connectivity index (χ1n) is 8.59. The molecule has 130 valence electrons. The minimum atomic E-state index is -0.0552. The number of urea groups is 1. The Bertz CT molecular complexity index is 700. The fraction of sp³-hybridized carbons (Fsp3) is 0.500. The van der Waals surface area contributed by atoms with Gasteiger partial charge in [0.25, 0.3) is 0 Å². The molecule has 0 saturated carbocycles. The Hall–Kier alpha value is -2.05. The number of anilines is 1. The number of piperazine rings is 1. The van der Waals surface area contributed by atoms with Crippen LogP contribution in [-0.4, -0.2) is 64.3 Å². The number of hydrogen-bond acceptors (Lipinski definition) is 3. The minimum Gasteiger partial charge on any atom is -0.395 e. The molecule has 0 unspecified atom stereocenters. The normalized spacial score (nSPS) is 17.2. The van der Waals surface area contributed by atoms with Crippen LogP contribution in [0.5, 0.6) is 0 Å². The van der Waals surface area contributed by atoms with Crippen LogP contribution in [0.1, 0.15) is 13.3 Å². The lowest BCUT2D eigenvalue weighted by molar-refractivity contribution is 0.0766. The van der Waals surface area contributed by atoms with E-state index in [4.69, 9.17) is 0 Å². The molecule has 1 aromatic heterocycles. The summed E-state index contributed by atoms with van der Waals surface area (Å²) in [4.78, 5) is 16.7. The first-order chi connectivity index (χ1) is 11.6. The summed E-state index contributed by atoms with van der Waals surface area (Å²) < 4.78 is 2.02. The Morgan fingerprint density at radius 3 is 2.67 bits per heavy atom. The summed E-state index contributed by atoms with van der Waals surface area (Å²) in [5.74, 6) is 0. The lowest BCUT2D eigenvalue weighted by Gasteiger charge is -2.38. The highest BCUT2D eigenvalue weighted by Gasteiger charge is 2.25. The predicted molar refractivity (Wildman–Crippen MR) is 96.2 cm³/mol. The molecule has 3 rings (SSSR count). The number of carbonyl (C=O) groups excluding carboxylic acids is 1. The van der Waals surface area contributed by atoms with E-state index in [-0.39, 0.29) is 18.7 Å². The fourth-order valence-corrected chi connectivity index (χ4v) is 3.44. The molecule has 1 aromatic carbocycles. The van der Waals surface area contributed by atoms with Crippen LogP contribution in [0.15, 0.2) is 30.5 Å². The Morgan fingerprint density at radius 1 is 1.25 bits per heavy atom. The lowest BCUT2D eigenvalue weighted by Crippen LogP contribution is -2.53. The van der Waals surface area contributed by atoms with Crippen LogP contribution in [-0.2, 0) is 7.05 Å². The van der Waals surface area contributed by atoms with Gasteiger partial charge in [0.1, 0.15) is 0 Å². The molecule has 0 aliphatic carbocycles. The van der Waals surface area contributed by atoms with E-state index in [1.807, 2.05) is 47.0 Å². The van der Waals surface area contributed by atoms with Gasteiger partial charge in [-0.25, -0.2) is 4.79 Å². The molecular weight excluding hydrogens is 304 g/mol. The van der Waals surface area contributed by atoms with E-state index in [9.17, 15) is 9.90 Å². The zero-order valence-corrected chi connectivity index (χ0v) is 14.4. The molecular formula is C18H26N4O2. The lowest BCUT2D eigenvalue weighted by atomic mass is 10.1. The van der Waals surface area contributed by atoms with Crippen molar-refractivity contribution in [3.63, 3.8) is 0 Å². The number of rotatable bonds is 4. The number of aromatic nitrogens is 1. The van der Waals surface area contributed by atoms with E-state index in [2.05, 4.69) is 17.1 Å². The van der Waals surface area contributed by atoms with Crippen molar-refractivity contribution < 1.29 is 9.90 Å². The number of nitrogens with zero attached hydrogens (tertiary/aromatic N) is 3. The van der Waals surface area contributed by atoms with Gasteiger partial charge >= 0.3 is 6.03 Å². The van der Waals surface area contributed by atoms with Gasteiger partial charge in [-0.2, -0.15) is 0 Å². The van der Waals surface area contributed by atoms with Crippen molar-refractivity contribution in [2.24, 2.45) is 7.05 Å². The van der Waals surface area contributed by atoms with Crippen molar-refractivity contribution in [1.29, 1.82) is 0 Å². The molecule has 2 aromatic rings. The van der Waals surface area contributed by atoms with Gasteiger partial charge < -0.3 is 19.9 Å². The predicted octanol–water partition coefficient (Wildman–Crippen LogP) is 2.10. The largest absolute Gasteiger partial charge is 0.395 e. The van der Waals surface area contributed by atoms with Crippen LogP contribution >= 0.6 is 0 Å². The van der Waals surface area contributed by atoms with Gasteiger partial charge in [0.2, 0.25) is 0 Å². The van der Waals surface area contributed by atoms with E-state index in [0.717, 1.165) is 36.1 Å². The zero-order chi connectivity index (χ0) is 17.1. The molecule has 1 saturated heterocycles. The molecule has 0 bridgehead atoms. The first-order valence-corrected chi connectivity index (χ1v) is 8.59. The van der Waals surface area contributed by atoms with E-state index >= 15 is 0 Å².